The first-order valence-electron chi connectivity index (χ1n) is 12.9. The predicted octanol–water partition coefficient (Wildman–Crippen LogP) is 5.50. The molecule has 3 heteroatoms. The lowest BCUT2D eigenvalue weighted by atomic mass is 9.45. The molecule has 4 aliphatic rings. The van der Waals surface area contributed by atoms with Crippen molar-refractivity contribution in [3.05, 3.63) is 23.8 Å². The van der Waals surface area contributed by atoms with Crippen LogP contribution in [0.2, 0.25) is 0 Å². The second-order valence-electron chi connectivity index (χ2n) is 12.5. The average molecular weight is 431 g/mol. The third kappa shape index (κ3) is 3.49. The van der Waals surface area contributed by atoms with Crippen molar-refractivity contribution in [2.45, 2.75) is 104 Å². The maximum absolute atomic E-state index is 11.6. The maximum atomic E-state index is 11.6. The molecule has 176 valence electrons. The van der Waals surface area contributed by atoms with Crippen molar-refractivity contribution in [2.75, 3.05) is 0 Å². The molecule has 0 saturated heterocycles. The molecule has 0 amide bonds. The van der Waals surface area contributed by atoms with Crippen LogP contribution in [0.4, 0.5) is 0 Å². The van der Waals surface area contributed by atoms with E-state index in [2.05, 4.69) is 53.7 Å². The molecule has 4 aliphatic carbocycles. The minimum Gasteiger partial charge on any atom is -0.393 e. The van der Waals surface area contributed by atoms with Crippen molar-refractivity contribution in [3.8, 4) is 0 Å². The molecule has 0 heterocycles. The lowest BCUT2D eigenvalue weighted by molar-refractivity contribution is -0.210. The first kappa shape index (κ1) is 23.5. The first-order chi connectivity index (χ1) is 14.4. The van der Waals surface area contributed by atoms with Gasteiger partial charge in [-0.15, -0.1) is 0 Å². The molecule has 7 unspecified atom stereocenters. The number of hydrogen-bond acceptors (Lipinski definition) is 3. The van der Waals surface area contributed by atoms with E-state index in [9.17, 15) is 15.3 Å². The molecule has 4 rings (SSSR count). The standard InChI is InChI=1S/C28H46O3/c1-17(2)18(3)7-8-19(4)22-9-10-23-21-15-25(30)28(31)16-20(29)11-14-27(28,6)24(21)12-13-26(22,23)5/h7-8,15,17-20,22-25,29-31H,9-14,16H2,1-6H3/b8-7+/t18?,19?,20?,22?,23?,24?,25?,26-,27-,28+/m1/s1. The predicted molar refractivity (Wildman–Crippen MR) is 126 cm³/mol. The molecule has 3 N–H and O–H groups in total. The van der Waals surface area contributed by atoms with Gasteiger partial charge in [0.25, 0.3) is 0 Å². The largest absolute Gasteiger partial charge is 0.393 e. The van der Waals surface area contributed by atoms with Crippen molar-refractivity contribution in [2.24, 2.45) is 46.3 Å². The third-order valence-corrected chi connectivity index (χ3v) is 10.7. The number of aliphatic hydroxyl groups is 3. The molecule has 0 radical (unpaired) electrons. The van der Waals surface area contributed by atoms with E-state index in [0.29, 0.717) is 41.9 Å². The molecule has 0 aromatic heterocycles. The SMILES string of the molecule is CC(C)C(C)/C=C/C(C)C1CCC2C3=CC(O)[C@@]4(O)CC(O)CC[C@]4(C)C3CC[C@@]21C. The zero-order chi connectivity index (χ0) is 22.8. The Morgan fingerprint density at radius 1 is 0.935 bits per heavy atom. The lowest BCUT2D eigenvalue weighted by Gasteiger charge is -2.62. The van der Waals surface area contributed by atoms with Crippen LogP contribution < -0.4 is 0 Å². The van der Waals surface area contributed by atoms with Gasteiger partial charge in [-0.05, 0) is 79.4 Å². The van der Waals surface area contributed by atoms with Gasteiger partial charge in [0.15, 0.2) is 0 Å². The molecule has 0 aliphatic heterocycles. The summed E-state index contributed by atoms with van der Waals surface area (Å²) in [5, 5.41) is 32.9. The number of hydrogen-bond donors (Lipinski definition) is 3. The van der Waals surface area contributed by atoms with Crippen molar-refractivity contribution in [1.82, 2.24) is 0 Å². The summed E-state index contributed by atoms with van der Waals surface area (Å²) < 4.78 is 0. The van der Waals surface area contributed by atoms with Crippen LogP contribution in [0, 0.1) is 46.3 Å². The summed E-state index contributed by atoms with van der Waals surface area (Å²) in [5.41, 5.74) is 0.160. The second kappa shape index (κ2) is 7.99. The van der Waals surface area contributed by atoms with Gasteiger partial charge in [-0.2, -0.15) is 0 Å². The van der Waals surface area contributed by atoms with E-state index in [1.807, 2.05) is 6.08 Å². The van der Waals surface area contributed by atoms with Crippen LogP contribution in [-0.2, 0) is 0 Å². The highest BCUT2D eigenvalue weighted by Gasteiger charge is 2.64. The molecule has 0 aromatic rings. The Hall–Kier alpha value is -0.640. The van der Waals surface area contributed by atoms with Crippen molar-refractivity contribution in [1.29, 1.82) is 0 Å². The van der Waals surface area contributed by atoms with E-state index in [1.54, 1.807) is 0 Å². The van der Waals surface area contributed by atoms with Gasteiger partial charge in [-0.3, -0.25) is 0 Å². The summed E-state index contributed by atoms with van der Waals surface area (Å²) in [4.78, 5) is 0. The van der Waals surface area contributed by atoms with Crippen LogP contribution in [0.1, 0.15) is 86.5 Å². The van der Waals surface area contributed by atoms with Gasteiger partial charge in [-0.1, -0.05) is 65.3 Å². The summed E-state index contributed by atoms with van der Waals surface area (Å²) in [6.45, 7) is 14.0. The van der Waals surface area contributed by atoms with Gasteiger partial charge in [0, 0.05) is 11.8 Å². The van der Waals surface area contributed by atoms with Crippen LogP contribution >= 0.6 is 0 Å². The minimum atomic E-state index is -1.20. The fourth-order valence-corrected chi connectivity index (χ4v) is 8.16. The molecule has 3 fully saturated rings. The summed E-state index contributed by atoms with van der Waals surface area (Å²) >= 11 is 0. The third-order valence-electron chi connectivity index (χ3n) is 10.7. The van der Waals surface area contributed by atoms with Crippen molar-refractivity contribution in [3.63, 3.8) is 0 Å². The smallest absolute Gasteiger partial charge is 0.102 e. The fraction of sp³-hybridized carbons (Fsp3) is 0.857. The van der Waals surface area contributed by atoms with E-state index in [0.717, 1.165) is 19.3 Å². The highest BCUT2D eigenvalue weighted by Crippen LogP contribution is 2.67. The van der Waals surface area contributed by atoms with Gasteiger partial charge < -0.3 is 15.3 Å². The van der Waals surface area contributed by atoms with Crippen LogP contribution in [0.3, 0.4) is 0 Å². The normalized spacial score (nSPS) is 49.4. The Labute approximate surface area is 190 Å². The zero-order valence-electron chi connectivity index (χ0n) is 20.6. The monoisotopic (exact) mass is 430 g/mol. The van der Waals surface area contributed by atoms with Gasteiger partial charge in [-0.25, -0.2) is 0 Å². The second-order valence-corrected chi connectivity index (χ2v) is 12.5. The molecule has 31 heavy (non-hydrogen) atoms. The molecular weight excluding hydrogens is 384 g/mol. The van der Waals surface area contributed by atoms with Crippen molar-refractivity contribution < 1.29 is 15.3 Å². The molecular formula is C28H46O3. The molecule has 0 aromatic carbocycles. The molecule has 0 bridgehead atoms. The van der Waals surface area contributed by atoms with Crippen LogP contribution in [0.25, 0.3) is 0 Å². The van der Waals surface area contributed by atoms with Crippen LogP contribution in [0.15, 0.2) is 23.8 Å². The summed E-state index contributed by atoms with van der Waals surface area (Å²) in [6, 6.07) is 0. The first-order valence-corrected chi connectivity index (χ1v) is 12.9. The number of allylic oxidation sites excluding steroid dienone is 3. The quantitative estimate of drug-likeness (QED) is 0.516. The van der Waals surface area contributed by atoms with E-state index >= 15 is 0 Å². The Morgan fingerprint density at radius 2 is 1.65 bits per heavy atom. The van der Waals surface area contributed by atoms with Gasteiger partial charge in [0.1, 0.15) is 11.7 Å². The molecule has 3 nitrogen and oxygen atoms in total. The molecule has 0 spiro atoms. The molecule has 10 atom stereocenters. The summed E-state index contributed by atoms with van der Waals surface area (Å²) in [6.07, 6.45) is 12.1. The minimum absolute atomic E-state index is 0.271. The fourth-order valence-electron chi connectivity index (χ4n) is 8.16. The van der Waals surface area contributed by atoms with Gasteiger partial charge in [0.2, 0.25) is 0 Å². The average Bonchev–Trinajstić information content (AvgIpc) is 3.05. The Bertz CT molecular complexity index is 741. The Morgan fingerprint density at radius 3 is 2.32 bits per heavy atom. The number of rotatable bonds is 4. The topological polar surface area (TPSA) is 60.7 Å². The highest BCUT2D eigenvalue weighted by molar-refractivity contribution is 5.33. The number of aliphatic hydroxyl groups excluding tert-OH is 2. The Balaban J connectivity index is 1.61. The highest BCUT2D eigenvalue weighted by atomic mass is 16.3. The summed E-state index contributed by atoms with van der Waals surface area (Å²) in [7, 11) is 0. The van der Waals surface area contributed by atoms with Crippen LogP contribution in [0.5, 0.6) is 0 Å². The van der Waals surface area contributed by atoms with Gasteiger partial charge >= 0.3 is 0 Å². The molecule has 3 saturated carbocycles. The lowest BCUT2D eigenvalue weighted by Crippen LogP contribution is -2.65. The number of fused-ring (bicyclic) bond motifs is 5. The Kier molecular flexibility index (Phi) is 6.06. The van der Waals surface area contributed by atoms with E-state index in [1.165, 1.54) is 24.8 Å². The van der Waals surface area contributed by atoms with Crippen LogP contribution in [-0.4, -0.2) is 33.1 Å². The van der Waals surface area contributed by atoms with E-state index in [-0.39, 0.29) is 10.8 Å². The zero-order valence-corrected chi connectivity index (χ0v) is 20.6. The van der Waals surface area contributed by atoms with Crippen molar-refractivity contribution >= 4 is 0 Å². The maximum Gasteiger partial charge on any atom is 0.102 e. The van der Waals surface area contributed by atoms with E-state index < -0.39 is 17.8 Å². The summed E-state index contributed by atoms with van der Waals surface area (Å²) in [5.74, 6) is 3.37. The van der Waals surface area contributed by atoms with E-state index in [4.69, 9.17) is 0 Å². The van der Waals surface area contributed by atoms with Gasteiger partial charge in [0.05, 0.1) is 6.10 Å².